The summed E-state index contributed by atoms with van der Waals surface area (Å²) >= 11 is 0. The molecular formula is C17H28N2O2. The molecule has 0 aromatic heterocycles. The van der Waals surface area contributed by atoms with Crippen molar-refractivity contribution in [2.75, 3.05) is 13.7 Å². The molecule has 118 valence electrons. The van der Waals surface area contributed by atoms with E-state index >= 15 is 0 Å². The van der Waals surface area contributed by atoms with Crippen LogP contribution in [0.15, 0.2) is 24.3 Å². The summed E-state index contributed by atoms with van der Waals surface area (Å²) in [5.74, 6) is 1.10. The largest absolute Gasteiger partial charge is 0.483 e. The fraction of sp³-hybridized carbons (Fsp3) is 0.588. The van der Waals surface area contributed by atoms with E-state index in [-0.39, 0.29) is 24.6 Å². The van der Waals surface area contributed by atoms with Crippen LogP contribution in [0.2, 0.25) is 0 Å². The van der Waals surface area contributed by atoms with Crippen molar-refractivity contribution in [2.24, 2.45) is 5.92 Å². The molecule has 1 aromatic carbocycles. The van der Waals surface area contributed by atoms with Gasteiger partial charge >= 0.3 is 0 Å². The minimum absolute atomic E-state index is 0.0498. The summed E-state index contributed by atoms with van der Waals surface area (Å²) in [6.45, 7) is 8.34. The van der Waals surface area contributed by atoms with Crippen LogP contribution in [0.4, 0.5) is 0 Å². The summed E-state index contributed by atoms with van der Waals surface area (Å²) in [5.41, 5.74) is 1.09. The van der Waals surface area contributed by atoms with Crippen LogP contribution in [0.3, 0.4) is 0 Å². The van der Waals surface area contributed by atoms with Gasteiger partial charge in [0.1, 0.15) is 5.75 Å². The van der Waals surface area contributed by atoms with E-state index < -0.39 is 0 Å². The molecule has 0 aliphatic heterocycles. The number of rotatable bonds is 8. The zero-order valence-electron chi connectivity index (χ0n) is 13.8. The van der Waals surface area contributed by atoms with Crippen LogP contribution in [-0.2, 0) is 4.79 Å². The molecule has 2 unspecified atom stereocenters. The topological polar surface area (TPSA) is 50.4 Å². The van der Waals surface area contributed by atoms with Crippen LogP contribution < -0.4 is 15.4 Å². The normalized spacial score (nSPS) is 13.8. The summed E-state index contributed by atoms with van der Waals surface area (Å²) in [6, 6.07) is 8.25. The maximum absolute atomic E-state index is 11.9. The van der Waals surface area contributed by atoms with Crippen LogP contribution in [0.25, 0.3) is 0 Å². The molecule has 2 N–H and O–H groups in total. The van der Waals surface area contributed by atoms with Crippen molar-refractivity contribution >= 4 is 5.91 Å². The summed E-state index contributed by atoms with van der Waals surface area (Å²) in [7, 11) is 1.93. The van der Waals surface area contributed by atoms with Crippen LogP contribution in [0.5, 0.6) is 5.75 Å². The Hall–Kier alpha value is -1.55. The van der Waals surface area contributed by atoms with Gasteiger partial charge in [0.15, 0.2) is 6.61 Å². The number of ether oxygens (including phenoxy) is 1. The first-order valence-electron chi connectivity index (χ1n) is 7.67. The molecule has 4 heteroatoms. The molecule has 0 heterocycles. The number of benzene rings is 1. The monoisotopic (exact) mass is 292 g/mol. The summed E-state index contributed by atoms with van der Waals surface area (Å²) in [4.78, 5) is 11.9. The molecule has 1 amide bonds. The highest BCUT2D eigenvalue weighted by Crippen LogP contribution is 2.26. The highest BCUT2D eigenvalue weighted by Gasteiger charge is 2.15. The molecule has 2 atom stereocenters. The van der Waals surface area contributed by atoms with E-state index in [2.05, 4.69) is 31.4 Å². The molecule has 0 bridgehead atoms. The van der Waals surface area contributed by atoms with Gasteiger partial charge in [0.25, 0.3) is 5.91 Å². The fourth-order valence-corrected chi connectivity index (χ4v) is 2.08. The Morgan fingerprint density at radius 2 is 1.90 bits per heavy atom. The molecular weight excluding hydrogens is 264 g/mol. The SMILES string of the molecule is CCC(NC)c1ccccc1OCC(=O)NC(C)C(C)C. The van der Waals surface area contributed by atoms with E-state index in [1.807, 2.05) is 38.2 Å². The molecule has 0 saturated carbocycles. The van der Waals surface area contributed by atoms with E-state index in [9.17, 15) is 4.79 Å². The predicted octanol–water partition coefficient (Wildman–Crippen LogP) is 2.90. The fourth-order valence-electron chi connectivity index (χ4n) is 2.08. The predicted molar refractivity (Wildman–Crippen MR) is 86.5 cm³/mol. The van der Waals surface area contributed by atoms with Crippen LogP contribution in [0.1, 0.15) is 45.7 Å². The number of carbonyl (C=O) groups excluding carboxylic acids is 1. The first kappa shape index (κ1) is 17.5. The first-order valence-corrected chi connectivity index (χ1v) is 7.67. The van der Waals surface area contributed by atoms with Crippen molar-refractivity contribution in [3.05, 3.63) is 29.8 Å². The van der Waals surface area contributed by atoms with E-state index in [1.54, 1.807) is 0 Å². The van der Waals surface area contributed by atoms with Crippen molar-refractivity contribution in [1.29, 1.82) is 0 Å². The van der Waals surface area contributed by atoms with Gasteiger partial charge in [-0.2, -0.15) is 0 Å². The maximum Gasteiger partial charge on any atom is 0.258 e. The van der Waals surface area contributed by atoms with Gasteiger partial charge in [-0.05, 0) is 32.4 Å². The summed E-state index contributed by atoms with van der Waals surface area (Å²) in [6.07, 6.45) is 0.966. The van der Waals surface area contributed by atoms with Crippen molar-refractivity contribution in [1.82, 2.24) is 10.6 Å². The molecule has 4 nitrogen and oxygen atoms in total. The second kappa shape index (κ2) is 8.67. The Morgan fingerprint density at radius 1 is 1.24 bits per heavy atom. The van der Waals surface area contributed by atoms with Crippen molar-refractivity contribution in [3.8, 4) is 5.75 Å². The van der Waals surface area contributed by atoms with Crippen molar-refractivity contribution < 1.29 is 9.53 Å². The average molecular weight is 292 g/mol. The second-order valence-corrected chi connectivity index (χ2v) is 5.68. The lowest BCUT2D eigenvalue weighted by molar-refractivity contribution is -0.124. The molecule has 0 saturated heterocycles. The molecule has 1 rings (SSSR count). The standard InChI is InChI=1S/C17H28N2O2/c1-6-15(18-5)14-9-7-8-10-16(14)21-11-17(20)19-13(4)12(2)3/h7-10,12-13,15,18H,6,11H2,1-5H3,(H,19,20). The Kier molecular flexibility index (Phi) is 7.23. The quantitative estimate of drug-likeness (QED) is 0.774. The van der Waals surface area contributed by atoms with Gasteiger partial charge in [-0.15, -0.1) is 0 Å². The van der Waals surface area contributed by atoms with E-state index in [0.29, 0.717) is 5.92 Å². The van der Waals surface area contributed by atoms with Gasteiger partial charge in [-0.25, -0.2) is 0 Å². The van der Waals surface area contributed by atoms with Crippen LogP contribution in [0, 0.1) is 5.92 Å². The lowest BCUT2D eigenvalue weighted by atomic mass is 10.0. The maximum atomic E-state index is 11.9. The highest BCUT2D eigenvalue weighted by atomic mass is 16.5. The minimum atomic E-state index is -0.0801. The van der Waals surface area contributed by atoms with E-state index in [4.69, 9.17) is 4.74 Å². The minimum Gasteiger partial charge on any atom is -0.483 e. The summed E-state index contributed by atoms with van der Waals surface area (Å²) in [5, 5.41) is 6.21. The van der Waals surface area contributed by atoms with Crippen molar-refractivity contribution in [2.45, 2.75) is 46.2 Å². The van der Waals surface area contributed by atoms with Crippen LogP contribution >= 0.6 is 0 Å². The highest BCUT2D eigenvalue weighted by molar-refractivity contribution is 5.77. The zero-order valence-corrected chi connectivity index (χ0v) is 13.8. The van der Waals surface area contributed by atoms with Gasteiger partial charge in [-0.1, -0.05) is 39.0 Å². The van der Waals surface area contributed by atoms with Crippen molar-refractivity contribution in [3.63, 3.8) is 0 Å². The number of nitrogens with one attached hydrogen (secondary N) is 2. The third-order valence-electron chi connectivity index (χ3n) is 3.80. The Bertz CT molecular complexity index is 442. The Balaban J connectivity index is 2.65. The lowest BCUT2D eigenvalue weighted by Gasteiger charge is -2.20. The molecule has 0 fully saturated rings. The van der Waals surface area contributed by atoms with E-state index in [1.165, 1.54) is 0 Å². The first-order chi connectivity index (χ1) is 9.99. The third-order valence-corrected chi connectivity index (χ3v) is 3.80. The lowest BCUT2D eigenvalue weighted by Crippen LogP contribution is -2.39. The summed E-state index contributed by atoms with van der Waals surface area (Å²) < 4.78 is 5.71. The second-order valence-electron chi connectivity index (χ2n) is 5.68. The molecule has 0 radical (unpaired) electrons. The smallest absolute Gasteiger partial charge is 0.258 e. The molecule has 0 spiro atoms. The molecule has 1 aromatic rings. The number of carbonyl (C=O) groups is 1. The molecule has 0 aliphatic rings. The van der Waals surface area contributed by atoms with Gasteiger partial charge in [0.05, 0.1) is 0 Å². The number of amides is 1. The Morgan fingerprint density at radius 3 is 2.48 bits per heavy atom. The van der Waals surface area contributed by atoms with Gasteiger partial charge in [0.2, 0.25) is 0 Å². The van der Waals surface area contributed by atoms with E-state index in [0.717, 1.165) is 17.7 Å². The zero-order chi connectivity index (χ0) is 15.8. The van der Waals surface area contributed by atoms with Gasteiger partial charge in [0, 0.05) is 17.6 Å². The number of hydrogen-bond donors (Lipinski definition) is 2. The van der Waals surface area contributed by atoms with Gasteiger partial charge < -0.3 is 15.4 Å². The molecule has 21 heavy (non-hydrogen) atoms. The average Bonchev–Trinajstić information content (AvgIpc) is 2.47. The molecule has 0 aliphatic carbocycles. The number of hydrogen-bond acceptors (Lipinski definition) is 3. The van der Waals surface area contributed by atoms with Gasteiger partial charge in [-0.3, -0.25) is 4.79 Å². The Labute approximate surface area is 128 Å². The third kappa shape index (κ3) is 5.38. The van der Waals surface area contributed by atoms with Crippen LogP contribution in [-0.4, -0.2) is 25.6 Å². The number of para-hydroxylation sites is 1.